The lowest BCUT2D eigenvalue weighted by Crippen LogP contribution is -2.40. The molecule has 0 aliphatic rings. The largest absolute Gasteiger partial charge is 0.332 e. The number of imidazole rings is 1. The summed E-state index contributed by atoms with van der Waals surface area (Å²) in [7, 11) is 0. The van der Waals surface area contributed by atoms with Gasteiger partial charge in [0.05, 0.1) is 6.33 Å². The van der Waals surface area contributed by atoms with Crippen molar-refractivity contribution in [1.82, 2.24) is 18.7 Å². The van der Waals surface area contributed by atoms with E-state index in [1.54, 1.807) is 10.9 Å². The molecule has 2 aromatic heterocycles. The highest BCUT2D eigenvalue weighted by Crippen LogP contribution is 2.10. The Hall–Kier alpha value is -2.89. The molecule has 166 valence electrons. The zero-order valence-electron chi connectivity index (χ0n) is 18.8. The van der Waals surface area contributed by atoms with E-state index in [1.165, 1.54) is 10.1 Å². The first-order chi connectivity index (χ1) is 15.2. The van der Waals surface area contributed by atoms with Gasteiger partial charge in [0.2, 0.25) is 0 Å². The highest BCUT2D eigenvalue weighted by molar-refractivity contribution is 5.70. The molecule has 0 saturated heterocycles. The van der Waals surface area contributed by atoms with Crippen LogP contribution in [0.4, 0.5) is 0 Å². The molecule has 6 nitrogen and oxygen atoms in total. The first-order valence-corrected chi connectivity index (χ1v) is 11.5. The number of allylic oxidation sites excluding steroid dienone is 2. The Labute approximate surface area is 183 Å². The third-order valence-corrected chi connectivity index (χ3v) is 5.60. The van der Waals surface area contributed by atoms with Gasteiger partial charge in [-0.25, -0.2) is 9.78 Å². The summed E-state index contributed by atoms with van der Waals surface area (Å²) in [4.78, 5) is 30.5. The number of nitrogens with zero attached hydrogens (tertiary/aromatic N) is 4. The minimum atomic E-state index is -0.235. The van der Waals surface area contributed by atoms with Crippen molar-refractivity contribution in [2.45, 2.75) is 78.4 Å². The van der Waals surface area contributed by atoms with Crippen molar-refractivity contribution in [1.29, 1.82) is 0 Å². The van der Waals surface area contributed by atoms with E-state index in [0.717, 1.165) is 44.9 Å². The molecule has 3 aromatic rings. The number of hydrogen-bond acceptors (Lipinski definition) is 3. The van der Waals surface area contributed by atoms with Crippen molar-refractivity contribution < 1.29 is 0 Å². The van der Waals surface area contributed by atoms with Gasteiger partial charge in [0.1, 0.15) is 0 Å². The topological polar surface area (TPSA) is 61.8 Å². The van der Waals surface area contributed by atoms with Crippen LogP contribution in [0.15, 0.2) is 58.4 Å². The van der Waals surface area contributed by atoms with Crippen LogP contribution in [0.2, 0.25) is 0 Å². The molecule has 0 bridgehead atoms. The van der Waals surface area contributed by atoms with E-state index >= 15 is 0 Å². The fraction of sp³-hybridized carbons (Fsp3) is 0.480. The average molecular weight is 423 g/mol. The van der Waals surface area contributed by atoms with Gasteiger partial charge in [0.15, 0.2) is 11.2 Å². The number of aromatic nitrogens is 4. The summed E-state index contributed by atoms with van der Waals surface area (Å²) in [6.45, 7) is 5.78. The van der Waals surface area contributed by atoms with Crippen molar-refractivity contribution in [3.8, 4) is 0 Å². The van der Waals surface area contributed by atoms with Crippen LogP contribution in [0.5, 0.6) is 0 Å². The average Bonchev–Trinajstić information content (AvgIpc) is 3.20. The molecule has 0 unspecified atom stereocenters. The van der Waals surface area contributed by atoms with Crippen molar-refractivity contribution in [2.75, 3.05) is 0 Å². The van der Waals surface area contributed by atoms with Crippen LogP contribution in [0.25, 0.3) is 11.2 Å². The quantitative estimate of drug-likeness (QED) is 0.318. The lowest BCUT2D eigenvalue weighted by molar-refractivity contribution is 0.529. The molecule has 0 fully saturated rings. The standard InChI is InChI=1S/C25H34N4O2/c1-3-5-18-28-23-22(24(30)29(25(28)31)19-6-4-2)27(20-26-23)17-13-8-7-10-14-21-15-11-9-12-16-21/h8-9,11-13,15-16,20H,3-7,10,14,17-19H2,1-2H3/b13-8+. The van der Waals surface area contributed by atoms with Crippen molar-refractivity contribution >= 4 is 11.2 Å². The summed E-state index contributed by atoms with van der Waals surface area (Å²) in [6.07, 6.45) is 12.7. The summed E-state index contributed by atoms with van der Waals surface area (Å²) >= 11 is 0. The van der Waals surface area contributed by atoms with Crippen molar-refractivity contribution in [3.63, 3.8) is 0 Å². The lowest BCUT2D eigenvalue weighted by atomic mass is 10.1. The van der Waals surface area contributed by atoms with Gasteiger partial charge in [-0.3, -0.25) is 13.9 Å². The molecule has 0 saturated carbocycles. The molecule has 6 heteroatoms. The van der Waals surface area contributed by atoms with E-state index in [-0.39, 0.29) is 11.2 Å². The van der Waals surface area contributed by atoms with Gasteiger partial charge in [-0.2, -0.15) is 0 Å². The Balaban J connectivity index is 1.77. The second-order valence-corrected chi connectivity index (χ2v) is 8.02. The van der Waals surface area contributed by atoms with Gasteiger partial charge in [-0.15, -0.1) is 0 Å². The van der Waals surface area contributed by atoms with Crippen LogP contribution in [0.3, 0.4) is 0 Å². The molecule has 0 amide bonds. The molecule has 0 spiro atoms. The smallest absolute Gasteiger partial charge is 0.321 e. The van der Waals surface area contributed by atoms with E-state index < -0.39 is 0 Å². The predicted octanol–water partition coefficient (Wildman–Crippen LogP) is 4.54. The minimum absolute atomic E-state index is 0.226. The molecule has 0 radical (unpaired) electrons. The van der Waals surface area contributed by atoms with Crippen molar-refractivity contribution in [2.24, 2.45) is 0 Å². The molecule has 0 N–H and O–H groups in total. The first kappa shape index (κ1) is 22.8. The highest BCUT2D eigenvalue weighted by atomic mass is 16.2. The Morgan fingerprint density at radius 3 is 2.32 bits per heavy atom. The Kier molecular flexibility index (Phi) is 8.44. The van der Waals surface area contributed by atoms with Crippen LogP contribution >= 0.6 is 0 Å². The summed E-state index contributed by atoms with van der Waals surface area (Å²) in [5.74, 6) is 0. The number of rotatable bonds is 12. The maximum Gasteiger partial charge on any atom is 0.332 e. The molecule has 0 aliphatic heterocycles. The normalized spacial score (nSPS) is 11.7. The third kappa shape index (κ3) is 5.63. The monoisotopic (exact) mass is 422 g/mol. The Morgan fingerprint density at radius 1 is 0.903 bits per heavy atom. The lowest BCUT2D eigenvalue weighted by Gasteiger charge is -2.11. The molecule has 3 rings (SSSR count). The van der Waals surface area contributed by atoms with Gasteiger partial charge >= 0.3 is 5.69 Å². The number of aryl methyl sites for hydroxylation is 2. The third-order valence-electron chi connectivity index (χ3n) is 5.60. The van der Waals surface area contributed by atoms with Gasteiger partial charge in [-0.1, -0.05) is 69.2 Å². The maximum absolute atomic E-state index is 13.1. The Morgan fingerprint density at radius 2 is 1.61 bits per heavy atom. The second kappa shape index (κ2) is 11.5. The van der Waals surface area contributed by atoms with Crippen LogP contribution in [0, 0.1) is 0 Å². The second-order valence-electron chi connectivity index (χ2n) is 8.02. The van der Waals surface area contributed by atoms with E-state index in [2.05, 4.69) is 55.2 Å². The molecule has 1 aromatic carbocycles. The van der Waals surface area contributed by atoms with Crippen LogP contribution in [-0.2, 0) is 26.1 Å². The molecule has 0 aliphatic carbocycles. The molecular weight excluding hydrogens is 388 g/mol. The molecule has 0 atom stereocenters. The van der Waals surface area contributed by atoms with Crippen LogP contribution < -0.4 is 11.2 Å². The fourth-order valence-electron chi connectivity index (χ4n) is 3.78. The molecular formula is C25H34N4O2. The zero-order valence-corrected chi connectivity index (χ0v) is 18.8. The minimum Gasteiger partial charge on any atom is -0.321 e. The van der Waals surface area contributed by atoms with Gasteiger partial charge in [0.25, 0.3) is 5.56 Å². The predicted molar refractivity (Wildman–Crippen MR) is 127 cm³/mol. The SMILES string of the molecule is CCCCn1c(=O)c2c(ncn2C/C=C/CCCc2ccccc2)n(CCCC)c1=O. The molecule has 2 heterocycles. The summed E-state index contributed by atoms with van der Waals surface area (Å²) < 4.78 is 4.94. The van der Waals surface area contributed by atoms with E-state index in [1.807, 2.05) is 10.6 Å². The van der Waals surface area contributed by atoms with E-state index in [9.17, 15) is 9.59 Å². The van der Waals surface area contributed by atoms with Gasteiger partial charge in [0, 0.05) is 19.6 Å². The zero-order chi connectivity index (χ0) is 22.1. The number of benzene rings is 1. The first-order valence-electron chi connectivity index (χ1n) is 11.5. The Bertz CT molecular complexity index is 1110. The summed E-state index contributed by atoms with van der Waals surface area (Å²) in [5, 5.41) is 0. The van der Waals surface area contributed by atoms with Gasteiger partial charge < -0.3 is 4.57 Å². The fourth-order valence-corrected chi connectivity index (χ4v) is 3.78. The number of fused-ring (bicyclic) bond motifs is 1. The van der Waals surface area contributed by atoms with Crippen LogP contribution in [0.1, 0.15) is 57.9 Å². The van der Waals surface area contributed by atoms with Crippen LogP contribution in [-0.4, -0.2) is 18.7 Å². The van der Waals surface area contributed by atoms with E-state index in [4.69, 9.17) is 0 Å². The molecule has 31 heavy (non-hydrogen) atoms. The number of unbranched alkanes of at least 4 members (excludes halogenated alkanes) is 3. The summed E-state index contributed by atoms with van der Waals surface area (Å²) in [5.41, 5.74) is 1.93. The van der Waals surface area contributed by atoms with Gasteiger partial charge in [-0.05, 0) is 37.7 Å². The number of hydrogen-bond donors (Lipinski definition) is 0. The van der Waals surface area contributed by atoms with E-state index in [0.29, 0.717) is 30.8 Å². The highest BCUT2D eigenvalue weighted by Gasteiger charge is 2.17. The maximum atomic E-state index is 13.1. The van der Waals surface area contributed by atoms with Crippen molar-refractivity contribution in [3.05, 3.63) is 75.2 Å². The summed E-state index contributed by atoms with van der Waals surface area (Å²) in [6, 6.07) is 10.5.